The maximum absolute atomic E-state index is 15.0. The summed E-state index contributed by atoms with van der Waals surface area (Å²) < 4.78 is 81.6. The minimum atomic E-state index is -4.15. The highest BCUT2D eigenvalue weighted by Gasteiger charge is 2.59. The van der Waals surface area contributed by atoms with E-state index in [1.165, 1.54) is 5.56 Å². The second-order valence-corrected chi connectivity index (χ2v) is 39.5. The maximum atomic E-state index is 15.0. The fourth-order valence-corrected chi connectivity index (χ4v) is 20.6. The number of imide groups is 1. The molecule has 0 bridgehead atoms. The predicted octanol–water partition coefficient (Wildman–Crippen LogP) is 7.87. The Morgan fingerprint density at radius 3 is 1.67 bits per heavy atom. The standard InChI is InChI=1S/C102H148N12O23S/c1-70(2)92(96(123)108-71(3)94(121)109-77-33-29-73-31-35-85-99(4,79(73)66-77)41-18-43-101(85,6)97(124)112-98(125)102(7)44-19-42-100(5)80-67-78(115)34-30-74(80)32-36-86(100)102)111-95(122)82(110-89(118)40-50-130-54-58-134-62-64-136-60-56-132-52-47-106-87(116)37-38-91(120)114-68-76-22-14-13-20-72(76)27-28-75-21-15-16-25-83(75)114)24-11-9-17-45-105-90(119)69-137-84-26-12-8-10-23-81(93(84)113-103)104-46-51-131-55-59-135-63-61-133-57-53-129-49-39-88(117)107-48-65-138(126,127)128/h13-16,20-22,25,29-30,33-34,66-67,70-71,82,84-86,92,104,113,115H,8-12,17-19,23-24,26,31-32,35-65,68-69,103H2,1-7H3,(H,105,119)(H,106,116)(H,107,117)(H,108,123)(H,109,121)(H,110,118)(H,111,122)(H,112,124,125)(H,126,127,128)/t71-,82+,84?,85?,86+,92-,99+,100+,101-,102-/m0/s1. The first-order chi connectivity index (χ1) is 66.3. The molecule has 0 aromatic heterocycles. The number of benzene rings is 4. The summed E-state index contributed by atoms with van der Waals surface area (Å²) in [7, 11) is -4.15. The predicted molar refractivity (Wildman–Crippen MR) is 519 cm³/mol. The van der Waals surface area contributed by atoms with Gasteiger partial charge in [-0.2, -0.15) is 8.42 Å². The van der Waals surface area contributed by atoms with Gasteiger partial charge in [-0.25, -0.2) is 0 Å². The van der Waals surface area contributed by atoms with E-state index in [2.05, 4.69) is 79.0 Å². The number of nitrogens with two attached hydrogens (primary N) is 1. The number of phenolic OH excluding ortho intramolecular Hbond substituents is 1. The van der Waals surface area contributed by atoms with Gasteiger partial charge >= 0.3 is 0 Å². The number of rotatable bonds is 57. The van der Waals surface area contributed by atoms with Crippen molar-refractivity contribution in [3.05, 3.63) is 135 Å². The van der Waals surface area contributed by atoms with Crippen molar-refractivity contribution in [3.63, 3.8) is 0 Å². The van der Waals surface area contributed by atoms with Gasteiger partial charge in [-0.05, 0) is 189 Å². The molecule has 1 aliphatic heterocycles. The van der Waals surface area contributed by atoms with E-state index in [0.717, 1.165) is 103 Å². The number of amides is 10. The number of hydrogen-bond acceptors (Lipinski definition) is 25. The van der Waals surface area contributed by atoms with Crippen LogP contribution in [0, 0.1) is 40.4 Å². The molecule has 1 heterocycles. The third-order valence-electron chi connectivity index (χ3n) is 27.7. The molecule has 138 heavy (non-hydrogen) atoms. The minimum absolute atomic E-state index is 0.00538. The lowest BCUT2D eigenvalue weighted by Crippen LogP contribution is -2.60. The number of nitrogens with one attached hydrogen (secondary N) is 10. The van der Waals surface area contributed by atoms with E-state index in [1.54, 1.807) is 31.7 Å². The molecular formula is C102H148N12O23S. The zero-order valence-electron chi connectivity index (χ0n) is 81.6. The van der Waals surface area contributed by atoms with Gasteiger partial charge < -0.3 is 101 Å². The van der Waals surface area contributed by atoms with E-state index in [9.17, 15) is 61.5 Å². The topological polar surface area (TPSA) is 478 Å². The van der Waals surface area contributed by atoms with Crippen LogP contribution in [-0.4, -0.2) is 246 Å². The molecule has 4 aromatic carbocycles. The highest BCUT2D eigenvalue weighted by molar-refractivity contribution is 7.85. The number of carbonyl (C=O) groups is 10. The van der Waals surface area contributed by atoms with Crippen LogP contribution >= 0.6 is 0 Å². The number of carbonyl (C=O) groups excluding carboxylic acids is 10. The van der Waals surface area contributed by atoms with Crippen molar-refractivity contribution in [2.45, 2.75) is 238 Å². The monoisotopic (exact) mass is 1940 g/mol. The largest absolute Gasteiger partial charge is 0.508 e. The number of phenols is 1. The lowest BCUT2D eigenvalue weighted by molar-refractivity contribution is -0.150. The molecule has 2 fully saturated rings. The zero-order chi connectivity index (χ0) is 99.1. The molecule has 10 rings (SSSR count). The van der Waals surface area contributed by atoms with Gasteiger partial charge in [0.15, 0.2) is 0 Å². The lowest BCUT2D eigenvalue weighted by atomic mass is 9.49. The van der Waals surface area contributed by atoms with E-state index < -0.39 is 91.8 Å². The number of anilines is 2. The number of aromatic hydroxyl groups is 1. The Balaban J connectivity index is 0.648. The van der Waals surface area contributed by atoms with Gasteiger partial charge in [0.25, 0.3) is 10.1 Å². The first-order valence-corrected chi connectivity index (χ1v) is 50.9. The fraction of sp³-hybridized carbons (Fsp3) is 0.627. The third kappa shape index (κ3) is 32.8. The molecule has 0 saturated heterocycles. The Morgan fingerprint density at radius 2 is 1.05 bits per heavy atom. The van der Waals surface area contributed by atoms with E-state index in [-0.39, 0.29) is 177 Å². The van der Waals surface area contributed by atoms with Crippen LogP contribution in [-0.2, 0) is 131 Å². The number of fused-ring (bicyclic) bond motifs is 8. The summed E-state index contributed by atoms with van der Waals surface area (Å²) in [6.45, 7) is 18.6. The number of hydrogen-bond donors (Lipinski definition) is 13. The number of allylic oxidation sites excluding steroid dienone is 1. The van der Waals surface area contributed by atoms with Crippen molar-refractivity contribution >= 4 is 80.6 Å². The summed E-state index contributed by atoms with van der Waals surface area (Å²) in [4.78, 5) is 140. The molecule has 10 amide bonds. The second kappa shape index (κ2) is 55.3. The van der Waals surface area contributed by atoms with Crippen LogP contribution in [0.4, 0.5) is 11.4 Å². The molecule has 2 unspecified atom stereocenters. The molecule has 36 heteroatoms. The zero-order valence-corrected chi connectivity index (χ0v) is 82.4. The SMILES string of the molecule is CC(C)[C@H](NC(=O)[C@@H](CCCCCNC(=O)COC1CCCCCC(NCCOCCOCCOCCOCCC(=O)NCCS(=O)(=O)O)=C1NN)NC(=O)CCOCCOCCOCCOCCNC(=O)CCC(=O)N1Cc2ccccc2C#Cc2ccccc21)C(=O)N[C@@H](C)C(=O)Nc1ccc2c(c1)[C@@]1(C)CCC[C@](C)(C(=O)NC(=O)[C@@]3(C)CCC[C@]4(C)c5cc(O)ccc5CC[C@@H]34)C1CC2. The van der Waals surface area contributed by atoms with Crippen LogP contribution in [0.15, 0.2) is 96.3 Å². The van der Waals surface area contributed by atoms with Gasteiger partial charge in [-0.1, -0.05) is 134 Å². The van der Waals surface area contributed by atoms with Gasteiger partial charge in [-0.3, -0.25) is 63.7 Å². The molecular weight excluding hydrogens is 1790 g/mol. The maximum Gasteiger partial charge on any atom is 0.266 e. The van der Waals surface area contributed by atoms with E-state index in [0.29, 0.717) is 121 Å². The van der Waals surface area contributed by atoms with Crippen molar-refractivity contribution in [1.82, 2.24) is 48.0 Å². The Labute approximate surface area is 812 Å². The summed E-state index contributed by atoms with van der Waals surface area (Å²) in [5.41, 5.74) is 10.0. The quantitative estimate of drug-likeness (QED) is 0.00499. The number of ether oxygens (including phenoxy) is 9. The smallest absolute Gasteiger partial charge is 0.266 e. The van der Waals surface area contributed by atoms with Gasteiger partial charge in [0.05, 0.1) is 140 Å². The van der Waals surface area contributed by atoms with Crippen LogP contribution in [0.2, 0.25) is 0 Å². The first kappa shape index (κ1) is 110. The van der Waals surface area contributed by atoms with E-state index in [4.69, 9.17) is 53.0 Å². The number of unbranched alkanes of at least 4 members (excludes halogenated alkanes) is 2. The highest BCUT2D eigenvalue weighted by atomic mass is 32.2. The molecule has 0 radical (unpaired) electrons. The summed E-state index contributed by atoms with van der Waals surface area (Å²) in [6.07, 6.45) is 12.7. The van der Waals surface area contributed by atoms with Gasteiger partial charge in [0.1, 0.15) is 36.6 Å². The molecule has 4 aromatic rings. The summed E-state index contributed by atoms with van der Waals surface area (Å²) in [5.74, 6) is 7.66. The molecule has 6 aliphatic rings. The average Bonchev–Trinajstić information content (AvgIpc) is 0.719. The van der Waals surface area contributed by atoms with Crippen molar-refractivity contribution < 1.29 is 109 Å². The van der Waals surface area contributed by atoms with Crippen LogP contribution in [0.25, 0.3) is 0 Å². The Morgan fingerprint density at radius 1 is 0.507 bits per heavy atom. The summed E-state index contributed by atoms with van der Waals surface area (Å²) in [6, 6.07) is 23.3. The van der Waals surface area contributed by atoms with E-state index >= 15 is 0 Å². The Kier molecular flexibility index (Phi) is 44.0. The highest BCUT2D eigenvalue weighted by Crippen LogP contribution is 2.60. The van der Waals surface area contributed by atoms with Crippen LogP contribution in [0.5, 0.6) is 5.75 Å². The molecule has 760 valence electrons. The Hall–Kier alpha value is -10.0. The molecule has 35 nitrogen and oxygen atoms in total. The van der Waals surface area contributed by atoms with Crippen molar-refractivity contribution in [1.29, 1.82) is 0 Å². The lowest BCUT2D eigenvalue weighted by Gasteiger charge is -2.56. The van der Waals surface area contributed by atoms with Gasteiger partial charge in [0, 0.05) is 74.4 Å². The average molecular weight is 1940 g/mol. The van der Waals surface area contributed by atoms with Crippen molar-refractivity contribution in [2.75, 3.05) is 154 Å². The molecule has 10 atom stereocenters. The number of para-hydroxylation sites is 1. The molecule has 14 N–H and O–H groups in total. The number of aryl methyl sites for hydroxylation is 2. The minimum Gasteiger partial charge on any atom is -0.508 e. The summed E-state index contributed by atoms with van der Waals surface area (Å²) in [5, 5.41) is 36.8. The fourth-order valence-electron chi connectivity index (χ4n) is 20.2. The second-order valence-electron chi connectivity index (χ2n) is 38.0. The van der Waals surface area contributed by atoms with Crippen LogP contribution < -0.4 is 64.0 Å². The first-order valence-electron chi connectivity index (χ1n) is 49.3. The van der Waals surface area contributed by atoms with E-state index in [1.807, 2.05) is 92.7 Å². The molecule has 5 aliphatic carbocycles. The van der Waals surface area contributed by atoms with Crippen LogP contribution in [0.1, 0.15) is 222 Å². The Bertz CT molecular complexity index is 4950. The molecule has 0 spiro atoms. The number of hydrazine groups is 1. The van der Waals surface area contributed by atoms with Crippen molar-refractivity contribution in [2.24, 2.45) is 34.4 Å². The van der Waals surface area contributed by atoms with Gasteiger partial charge in [-0.15, -0.1) is 0 Å². The van der Waals surface area contributed by atoms with Crippen LogP contribution in [0.3, 0.4) is 0 Å². The summed E-state index contributed by atoms with van der Waals surface area (Å²) >= 11 is 0. The number of nitrogens with zero attached hydrogens (tertiary/aromatic N) is 1. The van der Waals surface area contributed by atoms with Gasteiger partial charge in [0.2, 0.25) is 59.1 Å². The third-order valence-corrected chi connectivity index (χ3v) is 28.5. The normalized spacial score (nSPS) is 21.1. The molecule has 2 saturated carbocycles. The van der Waals surface area contributed by atoms with Crippen molar-refractivity contribution in [3.8, 4) is 17.6 Å².